The van der Waals surface area contributed by atoms with Gasteiger partial charge in [-0.05, 0) is 34.7 Å². The van der Waals surface area contributed by atoms with Crippen molar-refractivity contribution in [1.29, 1.82) is 0 Å². The zero-order chi connectivity index (χ0) is 11.5. The Kier molecular flexibility index (Phi) is 3.27. The lowest BCUT2D eigenvalue weighted by atomic mass is 10.1. The number of hydrogen-bond acceptors (Lipinski definition) is 3. The maximum atomic E-state index is 11.3. The van der Waals surface area contributed by atoms with E-state index < -0.39 is 0 Å². The van der Waals surface area contributed by atoms with Crippen LogP contribution >= 0.6 is 22.9 Å². The third-order valence-corrected chi connectivity index (χ3v) is 3.29. The van der Waals surface area contributed by atoms with Crippen molar-refractivity contribution in [2.75, 3.05) is 7.11 Å². The van der Waals surface area contributed by atoms with Gasteiger partial charge in [-0.3, -0.25) is 0 Å². The van der Waals surface area contributed by atoms with Gasteiger partial charge in [0.25, 0.3) is 0 Å². The van der Waals surface area contributed by atoms with E-state index in [1.165, 1.54) is 18.4 Å². The van der Waals surface area contributed by atoms with E-state index in [1.54, 1.807) is 0 Å². The molecular formula is C12H9ClO2S. The van der Waals surface area contributed by atoms with Crippen LogP contribution in [0.5, 0.6) is 0 Å². The van der Waals surface area contributed by atoms with Crippen molar-refractivity contribution >= 4 is 28.9 Å². The summed E-state index contributed by atoms with van der Waals surface area (Å²) in [7, 11) is 1.38. The molecule has 1 aromatic heterocycles. The van der Waals surface area contributed by atoms with Crippen LogP contribution in [-0.4, -0.2) is 13.1 Å². The lowest BCUT2D eigenvalue weighted by Gasteiger charge is -1.97. The minimum absolute atomic E-state index is 0.307. The number of halogens is 1. The van der Waals surface area contributed by atoms with Crippen molar-refractivity contribution in [2.45, 2.75) is 0 Å². The fourth-order valence-electron chi connectivity index (χ4n) is 1.36. The highest BCUT2D eigenvalue weighted by atomic mass is 35.5. The first-order valence-electron chi connectivity index (χ1n) is 4.63. The van der Waals surface area contributed by atoms with Crippen LogP contribution in [0.1, 0.15) is 9.67 Å². The first-order chi connectivity index (χ1) is 7.70. The minimum atomic E-state index is -0.307. The molecule has 0 aliphatic rings. The molecule has 0 aliphatic heterocycles. The zero-order valence-corrected chi connectivity index (χ0v) is 10.1. The van der Waals surface area contributed by atoms with Crippen LogP contribution in [0.25, 0.3) is 11.1 Å². The fraction of sp³-hybridized carbons (Fsp3) is 0.0833. The van der Waals surface area contributed by atoms with Crippen LogP contribution in [0.3, 0.4) is 0 Å². The zero-order valence-electron chi connectivity index (χ0n) is 8.57. The summed E-state index contributed by atoms with van der Waals surface area (Å²) in [6.45, 7) is 0. The molecule has 2 aromatic rings. The Morgan fingerprint density at radius 3 is 2.81 bits per heavy atom. The van der Waals surface area contributed by atoms with E-state index in [4.69, 9.17) is 11.6 Å². The highest BCUT2D eigenvalue weighted by Gasteiger charge is 2.09. The quantitative estimate of drug-likeness (QED) is 0.759. The Morgan fingerprint density at radius 1 is 1.31 bits per heavy atom. The SMILES string of the molecule is COC(=O)c1cc(-c2cccc(Cl)c2)cs1. The van der Waals surface area contributed by atoms with E-state index in [2.05, 4.69) is 4.74 Å². The van der Waals surface area contributed by atoms with Crippen LogP contribution in [0.4, 0.5) is 0 Å². The molecule has 4 heteroatoms. The summed E-state index contributed by atoms with van der Waals surface area (Å²) in [4.78, 5) is 11.9. The highest BCUT2D eigenvalue weighted by Crippen LogP contribution is 2.27. The average Bonchev–Trinajstić information content (AvgIpc) is 2.77. The van der Waals surface area contributed by atoms with Gasteiger partial charge in [-0.1, -0.05) is 23.7 Å². The number of ether oxygens (including phenoxy) is 1. The Hall–Kier alpha value is -1.32. The molecule has 0 fully saturated rings. The fourth-order valence-corrected chi connectivity index (χ4v) is 2.39. The highest BCUT2D eigenvalue weighted by molar-refractivity contribution is 7.12. The molecular weight excluding hydrogens is 244 g/mol. The molecule has 0 atom stereocenters. The molecule has 2 rings (SSSR count). The van der Waals surface area contributed by atoms with Gasteiger partial charge in [0.15, 0.2) is 0 Å². The monoisotopic (exact) mass is 252 g/mol. The van der Waals surface area contributed by atoms with E-state index in [-0.39, 0.29) is 5.97 Å². The second kappa shape index (κ2) is 4.68. The van der Waals surface area contributed by atoms with Crippen LogP contribution < -0.4 is 0 Å². The van der Waals surface area contributed by atoms with Gasteiger partial charge in [-0.2, -0.15) is 0 Å². The number of hydrogen-bond donors (Lipinski definition) is 0. The molecule has 2 nitrogen and oxygen atoms in total. The predicted octanol–water partition coefficient (Wildman–Crippen LogP) is 3.86. The van der Waals surface area contributed by atoms with Gasteiger partial charge in [0.05, 0.1) is 7.11 Å². The van der Waals surface area contributed by atoms with Crippen molar-refractivity contribution in [2.24, 2.45) is 0 Å². The molecule has 0 saturated carbocycles. The Morgan fingerprint density at radius 2 is 2.12 bits per heavy atom. The van der Waals surface area contributed by atoms with Crippen LogP contribution in [0.15, 0.2) is 35.7 Å². The molecule has 82 valence electrons. The number of carbonyl (C=O) groups excluding carboxylic acids is 1. The summed E-state index contributed by atoms with van der Waals surface area (Å²) >= 11 is 7.27. The Bertz CT molecular complexity index is 519. The molecule has 0 N–H and O–H groups in total. The average molecular weight is 253 g/mol. The first kappa shape index (κ1) is 11.2. The maximum Gasteiger partial charge on any atom is 0.348 e. The number of carbonyl (C=O) groups is 1. The van der Waals surface area contributed by atoms with Gasteiger partial charge >= 0.3 is 5.97 Å². The molecule has 1 heterocycles. The molecule has 16 heavy (non-hydrogen) atoms. The molecule has 1 aromatic carbocycles. The van der Waals surface area contributed by atoms with Crippen LogP contribution in [0.2, 0.25) is 5.02 Å². The van der Waals surface area contributed by atoms with E-state index in [9.17, 15) is 4.79 Å². The van der Waals surface area contributed by atoms with Gasteiger partial charge in [0.2, 0.25) is 0 Å². The third kappa shape index (κ3) is 2.26. The lowest BCUT2D eigenvalue weighted by molar-refractivity contribution is 0.0606. The normalized spacial score (nSPS) is 10.1. The molecule has 0 spiro atoms. The summed E-state index contributed by atoms with van der Waals surface area (Å²) in [5.74, 6) is -0.307. The Labute approximate surface area is 102 Å². The van der Waals surface area contributed by atoms with Crippen molar-refractivity contribution in [3.63, 3.8) is 0 Å². The number of rotatable bonds is 2. The van der Waals surface area contributed by atoms with Crippen molar-refractivity contribution in [1.82, 2.24) is 0 Å². The van der Waals surface area contributed by atoms with Crippen molar-refractivity contribution < 1.29 is 9.53 Å². The van der Waals surface area contributed by atoms with E-state index >= 15 is 0 Å². The van der Waals surface area contributed by atoms with Gasteiger partial charge in [0.1, 0.15) is 4.88 Å². The standard InChI is InChI=1S/C12H9ClO2S/c1-15-12(14)11-6-9(7-16-11)8-3-2-4-10(13)5-8/h2-7H,1H3. The molecule has 0 aliphatic carbocycles. The van der Waals surface area contributed by atoms with E-state index in [1.807, 2.05) is 35.7 Å². The maximum absolute atomic E-state index is 11.3. The summed E-state index contributed by atoms with van der Waals surface area (Å²) in [6, 6.07) is 9.33. The van der Waals surface area contributed by atoms with Crippen molar-refractivity contribution in [3.05, 3.63) is 45.6 Å². The van der Waals surface area contributed by atoms with Gasteiger partial charge in [-0.25, -0.2) is 4.79 Å². The predicted molar refractivity (Wildman–Crippen MR) is 66.1 cm³/mol. The second-order valence-corrected chi connectivity index (χ2v) is 4.55. The smallest absolute Gasteiger partial charge is 0.348 e. The van der Waals surface area contributed by atoms with Gasteiger partial charge in [-0.15, -0.1) is 11.3 Å². The second-order valence-electron chi connectivity index (χ2n) is 3.20. The third-order valence-electron chi connectivity index (χ3n) is 2.14. The van der Waals surface area contributed by atoms with E-state index in [0.717, 1.165) is 11.1 Å². The number of thiophene rings is 1. The van der Waals surface area contributed by atoms with Gasteiger partial charge in [0, 0.05) is 5.02 Å². The summed E-state index contributed by atoms with van der Waals surface area (Å²) in [5, 5.41) is 2.60. The summed E-state index contributed by atoms with van der Waals surface area (Å²) in [6.07, 6.45) is 0. The minimum Gasteiger partial charge on any atom is -0.465 e. The van der Waals surface area contributed by atoms with Crippen LogP contribution in [-0.2, 0) is 4.74 Å². The Balaban J connectivity index is 2.35. The summed E-state index contributed by atoms with van der Waals surface area (Å²) in [5.41, 5.74) is 1.98. The molecule has 0 bridgehead atoms. The molecule has 0 radical (unpaired) electrons. The van der Waals surface area contributed by atoms with Crippen LogP contribution in [0, 0.1) is 0 Å². The molecule has 0 saturated heterocycles. The lowest BCUT2D eigenvalue weighted by Crippen LogP contribution is -1.96. The number of benzene rings is 1. The van der Waals surface area contributed by atoms with E-state index in [0.29, 0.717) is 9.90 Å². The van der Waals surface area contributed by atoms with Crippen molar-refractivity contribution in [3.8, 4) is 11.1 Å². The molecule has 0 amide bonds. The largest absolute Gasteiger partial charge is 0.465 e. The topological polar surface area (TPSA) is 26.3 Å². The van der Waals surface area contributed by atoms with Gasteiger partial charge < -0.3 is 4.74 Å². The number of methoxy groups -OCH3 is 1. The summed E-state index contributed by atoms with van der Waals surface area (Å²) < 4.78 is 4.65. The first-order valence-corrected chi connectivity index (χ1v) is 5.89. The number of esters is 1. The molecule has 0 unspecified atom stereocenters.